The molecule has 1 aliphatic heterocycles. The van der Waals surface area contributed by atoms with Crippen LogP contribution in [0.15, 0.2) is 78.9 Å². The molecule has 1 N–H and O–H groups in total. The number of fused-ring (bicyclic) bond motifs is 1. The molecule has 0 aliphatic carbocycles. The number of carbonyl (C=O) groups excluding carboxylic acids is 1. The van der Waals surface area contributed by atoms with Gasteiger partial charge in [-0.15, -0.1) is 0 Å². The molecular weight excluding hydrogens is 458 g/mol. The minimum Gasteiger partial charge on any atom is -0.352 e. The first-order valence-corrected chi connectivity index (χ1v) is 12.8. The molecule has 0 radical (unpaired) electrons. The van der Waals surface area contributed by atoms with Crippen molar-refractivity contribution in [1.82, 2.24) is 20.1 Å². The zero-order valence-electron chi connectivity index (χ0n) is 21.2. The van der Waals surface area contributed by atoms with Crippen LogP contribution < -0.4 is 5.32 Å². The Morgan fingerprint density at radius 2 is 1.65 bits per heavy atom. The van der Waals surface area contributed by atoms with Crippen molar-refractivity contribution in [3.05, 3.63) is 101 Å². The number of piperazine rings is 1. The van der Waals surface area contributed by atoms with E-state index in [0.717, 1.165) is 59.5 Å². The van der Waals surface area contributed by atoms with Crippen LogP contribution in [0.5, 0.6) is 0 Å². The lowest BCUT2D eigenvalue weighted by Crippen LogP contribution is -2.44. The van der Waals surface area contributed by atoms with Crippen molar-refractivity contribution in [1.29, 1.82) is 5.26 Å². The smallest absolute Gasteiger partial charge is 0.252 e. The summed E-state index contributed by atoms with van der Waals surface area (Å²) in [6, 6.07) is 27.8. The van der Waals surface area contributed by atoms with E-state index in [-0.39, 0.29) is 5.91 Å². The van der Waals surface area contributed by atoms with Crippen LogP contribution in [0.2, 0.25) is 0 Å². The number of aromatic nitrogens is 1. The highest BCUT2D eigenvalue weighted by molar-refractivity contribution is 6.09. The first kappa shape index (κ1) is 24.6. The van der Waals surface area contributed by atoms with E-state index in [1.165, 1.54) is 0 Å². The summed E-state index contributed by atoms with van der Waals surface area (Å²) in [5.41, 5.74) is 5.91. The number of hydrogen-bond acceptors (Lipinski definition) is 5. The number of carbonyl (C=O) groups is 1. The van der Waals surface area contributed by atoms with Gasteiger partial charge in [-0.1, -0.05) is 66.7 Å². The number of nitrogens with zero attached hydrogens (tertiary/aromatic N) is 4. The summed E-state index contributed by atoms with van der Waals surface area (Å²) >= 11 is 0. The molecule has 1 saturated heterocycles. The molecule has 37 heavy (non-hydrogen) atoms. The molecule has 1 fully saturated rings. The quantitative estimate of drug-likeness (QED) is 0.414. The largest absolute Gasteiger partial charge is 0.352 e. The second-order valence-corrected chi connectivity index (χ2v) is 9.55. The first-order chi connectivity index (χ1) is 18.1. The van der Waals surface area contributed by atoms with Crippen LogP contribution in [0.25, 0.3) is 22.2 Å². The van der Waals surface area contributed by atoms with Crippen LogP contribution in [0.4, 0.5) is 0 Å². The fourth-order valence-electron chi connectivity index (χ4n) is 4.98. The fraction of sp³-hybridized carbons (Fsp3) is 0.258. The van der Waals surface area contributed by atoms with Gasteiger partial charge in [0.25, 0.3) is 5.91 Å². The van der Waals surface area contributed by atoms with Crippen molar-refractivity contribution in [3.8, 4) is 17.3 Å². The molecule has 1 amide bonds. The van der Waals surface area contributed by atoms with Gasteiger partial charge in [0.2, 0.25) is 0 Å². The van der Waals surface area contributed by atoms with Gasteiger partial charge >= 0.3 is 0 Å². The molecule has 3 aromatic carbocycles. The molecule has 1 aliphatic rings. The SMILES string of the molecule is CN1CCN(Cc2c(-c3ccccc3)nc3ccccc3c2C(=O)NCCc2ccccc2C#N)CC1. The molecule has 0 unspecified atom stereocenters. The normalized spacial score (nSPS) is 14.4. The Kier molecular flexibility index (Phi) is 7.55. The summed E-state index contributed by atoms with van der Waals surface area (Å²) in [4.78, 5) is 23.7. The molecule has 1 aromatic heterocycles. The monoisotopic (exact) mass is 489 g/mol. The van der Waals surface area contributed by atoms with E-state index in [0.29, 0.717) is 30.6 Å². The average molecular weight is 490 g/mol. The van der Waals surface area contributed by atoms with E-state index < -0.39 is 0 Å². The van der Waals surface area contributed by atoms with E-state index in [1.807, 2.05) is 66.7 Å². The Balaban J connectivity index is 1.53. The summed E-state index contributed by atoms with van der Waals surface area (Å²) in [6.45, 7) is 5.01. The number of likely N-dealkylation sites (N-methyl/N-ethyl adjacent to an activating group) is 1. The minimum absolute atomic E-state index is 0.102. The number of hydrogen-bond donors (Lipinski definition) is 1. The summed E-state index contributed by atoms with van der Waals surface area (Å²) in [5.74, 6) is -0.102. The third kappa shape index (κ3) is 5.54. The molecule has 4 aromatic rings. The van der Waals surface area contributed by atoms with Crippen molar-refractivity contribution in [2.75, 3.05) is 39.8 Å². The Morgan fingerprint density at radius 3 is 2.43 bits per heavy atom. The van der Waals surface area contributed by atoms with E-state index >= 15 is 0 Å². The Hall–Kier alpha value is -4.05. The van der Waals surface area contributed by atoms with E-state index in [4.69, 9.17) is 4.98 Å². The van der Waals surface area contributed by atoms with Gasteiger partial charge in [-0.05, 0) is 31.2 Å². The number of nitriles is 1. The highest BCUT2D eigenvalue weighted by Gasteiger charge is 2.24. The van der Waals surface area contributed by atoms with Crippen LogP contribution in [0.3, 0.4) is 0 Å². The maximum Gasteiger partial charge on any atom is 0.252 e. The number of nitrogens with one attached hydrogen (secondary N) is 1. The highest BCUT2D eigenvalue weighted by Crippen LogP contribution is 2.31. The number of para-hydroxylation sites is 1. The van der Waals surface area contributed by atoms with Crippen LogP contribution in [-0.4, -0.2) is 60.5 Å². The Morgan fingerprint density at radius 1 is 0.946 bits per heavy atom. The third-order valence-corrected chi connectivity index (χ3v) is 7.06. The summed E-state index contributed by atoms with van der Waals surface area (Å²) in [5, 5.41) is 13.4. The van der Waals surface area contributed by atoms with Crippen LogP contribution in [0.1, 0.15) is 27.0 Å². The third-order valence-electron chi connectivity index (χ3n) is 7.06. The molecule has 0 saturated carbocycles. The fourth-order valence-corrected chi connectivity index (χ4v) is 4.98. The molecular formula is C31H31N5O. The minimum atomic E-state index is -0.102. The Labute approximate surface area is 218 Å². The van der Waals surface area contributed by atoms with Crippen molar-refractivity contribution < 1.29 is 4.79 Å². The van der Waals surface area contributed by atoms with Crippen molar-refractivity contribution in [2.24, 2.45) is 0 Å². The van der Waals surface area contributed by atoms with Gasteiger partial charge < -0.3 is 10.2 Å². The van der Waals surface area contributed by atoms with Gasteiger partial charge in [0.05, 0.1) is 28.4 Å². The topological polar surface area (TPSA) is 72.3 Å². The second kappa shape index (κ2) is 11.3. The molecule has 0 bridgehead atoms. The highest BCUT2D eigenvalue weighted by atomic mass is 16.1. The molecule has 6 heteroatoms. The van der Waals surface area contributed by atoms with E-state index in [2.05, 4.69) is 40.4 Å². The van der Waals surface area contributed by atoms with Crippen molar-refractivity contribution >= 4 is 16.8 Å². The average Bonchev–Trinajstić information content (AvgIpc) is 2.94. The summed E-state index contributed by atoms with van der Waals surface area (Å²) in [7, 11) is 2.15. The maximum atomic E-state index is 13.9. The molecule has 0 atom stereocenters. The number of pyridine rings is 1. The van der Waals surface area contributed by atoms with Gasteiger partial charge in [0.15, 0.2) is 0 Å². The van der Waals surface area contributed by atoms with E-state index in [9.17, 15) is 10.1 Å². The van der Waals surface area contributed by atoms with Crippen molar-refractivity contribution in [3.63, 3.8) is 0 Å². The predicted octanol–water partition coefficient (Wildman–Crippen LogP) is 4.49. The maximum absolute atomic E-state index is 13.9. The van der Waals surface area contributed by atoms with Gasteiger partial charge in [-0.25, -0.2) is 4.98 Å². The number of amides is 1. The van der Waals surface area contributed by atoms with Gasteiger partial charge in [-0.3, -0.25) is 9.69 Å². The van der Waals surface area contributed by atoms with Gasteiger partial charge in [-0.2, -0.15) is 5.26 Å². The standard InChI is InChI=1S/C31H31N5O/c1-35-17-19-36(20-18-35)22-27-29(31(37)33-16-15-23-9-5-6-12-25(23)21-32)26-13-7-8-14-28(26)34-30(27)24-10-3-2-4-11-24/h2-14H,15-20,22H2,1H3,(H,33,37). The Bertz CT molecular complexity index is 1440. The number of benzene rings is 3. The molecule has 6 nitrogen and oxygen atoms in total. The lowest BCUT2D eigenvalue weighted by atomic mass is 9.95. The second-order valence-electron chi connectivity index (χ2n) is 9.55. The van der Waals surface area contributed by atoms with Gasteiger partial charge in [0, 0.05) is 55.8 Å². The van der Waals surface area contributed by atoms with Gasteiger partial charge in [0.1, 0.15) is 0 Å². The zero-order valence-corrected chi connectivity index (χ0v) is 21.2. The van der Waals surface area contributed by atoms with Crippen molar-refractivity contribution in [2.45, 2.75) is 13.0 Å². The predicted molar refractivity (Wildman–Crippen MR) is 147 cm³/mol. The molecule has 2 heterocycles. The van der Waals surface area contributed by atoms with Crippen LogP contribution >= 0.6 is 0 Å². The van der Waals surface area contributed by atoms with E-state index in [1.54, 1.807) is 0 Å². The molecule has 186 valence electrons. The summed E-state index contributed by atoms with van der Waals surface area (Å²) < 4.78 is 0. The lowest BCUT2D eigenvalue weighted by molar-refractivity contribution is 0.0952. The molecule has 5 rings (SSSR count). The summed E-state index contributed by atoms with van der Waals surface area (Å²) in [6.07, 6.45) is 0.595. The van der Waals surface area contributed by atoms with Crippen LogP contribution in [-0.2, 0) is 13.0 Å². The van der Waals surface area contributed by atoms with Crippen LogP contribution in [0, 0.1) is 11.3 Å². The first-order valence-electron chi connectivity index (χ1n) is 12.8. The number of rotatable bonds is 7. The zero-order chi connectivity index (χ0) is 25.6. The lowest BCUT2D eigenvalue weighted by Gasteiger charge is -2.33. The molecule has 0 spiro atoms.